The Kier molecular flexibility index (Phi) is 5.85. The molecule has 2 rings (SSSR count). The number of nitrogens with one attached hydrogen (secondary N) is 1. The fourth-order valence-electron chi connectivity index (χ4n) is 1.68. The number of carbonyl (C=O) groups is 1. The van der Waals surface area contributed by atoms with Crippen LogP contribution in [-0.2, 0) is 4.79 Å². The molecule has 9 heteroatoms. The molecule has 0 radical (unpaired) electrons. The van der Waals surface area contributed by atoms with Gasteiger partial charge in [-0.1, -0.05) is 18.2 Å². The van der Waals surface area contributed by atoms with Gasteiger partial charge in [-0.2, -0.15) is 5.10 Å². The van der Waals surface area contributed by atoms with E-state index in [0.717, 1.165) is 12.3 Å². The van der Waals surface area contributed by atoms with Crippen LogP contribution in [0.4, 0.5) is 5.69 Å². The molecule has 2 aromatic rings. The van der Waals surface area contributed by atoms with Gasteiger partial charge in [-0.05, 0) is 28.1 Å². The smallest absolute Gasteiger partial charge is 0.277 e. The van der Waals surface area contributed by atoms with E-state index in [1.165, 1.54) is 6.07 Å². The first-order chi connectivity index (χ1) is 11.5. The molecule has 1 amide bonds. The fourth-order valence-corrected chi connectivity index (χ4v) is 2.14. The number of hydrogen-bond donors (Lipinski definition) is 2. The van der Waals surface area contributed by atoms with Crippen molar-refractivity contribution >= 4 is 33.7 Å². The molecule has 124 valence electrons. The third-order valence-electron chi connectivity index (χ3n) is 2.79. The highest BCUT2D eigenvalue weighted by Crippen LogP contribution is 2.31. The number of benzene rings is 2. The largest absolute Gasteiger partial charge is 0.506 e. The van der Waals surface area contributed by atoms with Gasteiger partial charge in [0.25, 0.3) is 11.6 Å². The van der Waals surface area contributed by atoms with E-state index in [0.29, 0.717) is 5.75 Å². The van der Waals surface area contributed by atoms with Crippen LogP contribution in [0.1, 0.15) is 5.56 Å². The molecule has 0 aliphatic rings. The number of phenolic OH excluding ortho intramolecular Hbond substituents is 1. The zero-order valence-corrected chi connectivity index (χ0v) is 13.8. The Morgan fingerprint density at radius 1 is 1.38 bits per heavy atom. The summed E-state index contributed by atoms with van der Waals surface area (Å²) in [5, 5.41) is 24.3. The molecule has 0 aliphatic heterocycles. The summed E-state index contributed by atoms with van der Waals surface area (Å²) in [6, 6.07) is 11.1. The standard InChI is InChI=1S/C15H12BrN3O5/c16-13-7-11(19(22)23)6-10(15(13)21)8-17-18-14(20)9-24-12-4-2-1-3-5-12/h1-8,21H,9H2,(H,18,20)/b17-8+. The number of hydrazone groups is 1. The molecule has 0 aliphatic carbocycles. The number of nitro benzene ring substituents is 1. The van der Waals surface area contributed by atoms with E-state index in [-0.39, 0.29) is 28.1 Å². The van der Waals surface area contributed by atoms with Gasteiger partial charge in [0, 0.05) is 17.7 Å². The molecular formula is C15H12BrN3O5. The summed E-state index contributed by atoms with van der Waals surface area (Å²) in [6.45, 7) is -0.244. The molecule has 0 bridgehead atoms. The maximum Gasteiger partial charge on any atom is 0.277 e. The second-order valence-electron chi connectivity index (χ2n) is 4.52. The van der Waals surface area contributed by atoms with Crippen molar-refractivity contribution in [2.75, 3.05) is 6.61 Å². The molecular weight excluding hydrogens is 382 g/mol. The zero-order valence-electron chi connectivity index (χ0n) is 12.2. The van der Waals surface area contributed by atoms with Crippen LogP contribution in [0.15, 0.2) is 52.0 Å². The average Bonchev–Trinajstić information content (AvgIpc) is 2.57. The van der Waals surface area contributed by atoms with Crippen molar-refractivity contribution in [1.82, 2.24) is 5.43 Å². The van der Waals surface area contributed by atoms with Gasteiger partial charge in [-0.3, -0.25) is 14.9 Å². The van der Waals surface area contributed by atoms with Crippen LogP contribution >= 0.6 is 15.9 Å². The lowest BCUT2D eigenvalue weighted by Gasteiger charge is -2.04. The first-order valence-corrected chi connectivity index (χ1v) is 7.43. The number of non-ortho nitro benzene ring substituents is 1. The Labute approximate surface area is 145 Å². The number of nitrogens with zero attached hydrogens (tertiary/aromatic N) is 2. The van der Waals surface area contributed by atoms with Gasteiger partial charge < -0.3 is 9.84 Å². The molecule has 0 fully saturated rings. The van der Waals surface area contributed by atoms with Crippen LogP contribution < -0.4 is 10.2 Å². The van der Waals surface area contributed by atoms with Crippen LogP contribution in [0.5, 0.6) is 11.5 Å². The Morgan fingerprint density at radius 3 is 2.75 bits per heavy atom. The lowest BCUT2D eigenvalue weighted by atomic mass is 10.2. The summed E-state index contributed by atoms with van der Waals surface area (Å²) < 4.78 is 5.38. The van der Waals surface area contributed by atoms with Crippen molar-refractivity contribution < 1.29 is 19.6 Å². The van der Waals surface area contributed by atoms with Crippen LogP contribution in [0.2, 0.25) is 0 Å². The number of phenols is 1. The van der Waals surface area contributed by atoms with Crippen LogP contribution in [-0.4, -0.2) is 28.8 Å². The van der Waals surface area contributed by atoms with Gasteiger partial charge in [0.05, 0.1) is 15.6 Å². The van der Waals surface area contributed by atoms with Crippen molar-refractivity contribution in [2.45, 2.75) is 0 Å². The highest BCUT2D eigenvalue weighted by Gasteiger charge is 2.13. The van der Waals surface area contributed by atoms with E-state index in [1.807, 2.05) is 6.07 Å². The molecule has 8 nitrogen and oxygen atoms in total. The molecule has 0 saturated carbocycles. The number of ether oxygens (including phenoxy) is 1. The minimum Gasteiger partial charge on any atom is -0.506 e. The summed E-state index contributed by atoms with van der Waals surface area (Å²) in [6.07, 6.45) is 1.10. The van der Waals surface area contributed by atoms with Gasteiger partial charge in [-0.25, -0.2) is 5.43 Å². The molecule has 0 unspecified atom stereocenters. The van der Waals surface area contributed by atoms with Crippen molar-refractivity contribution in [3.8, 4) is 11.5 Å². The molecule has 0 spiro atoms. The maximum atomic E-state index is 11.6. The van der Waals surface area contributed by atoms with Gasteiger partial charge >= 0.3 is 0 Å². The van der Waals surface area contributed by atoms with Gasteiger partial charge in [-0.15, -0.1) is 0 Å². The van der Waals surface area contributed by atoms with Crippen molar-refractivity contribution in [3.05, 3.63) is 62.6 Å². The van der Waals surface area contributed by atoms with Gasteiger partial charge in [0.2, 0.25) is 0 Å². The summed E-state index contributed by atoms with van der Waals surface area (Å²) >= 11 is 3.01. The maximum absolute atomic E-state index is 11.6. The highest BCUT2D eigenvalue weighted by molar-refractivity contribution is 9.10. The third-order valence-corrected chi connectivity index (χ3v) is 3.40. The topological polar surface area (TPSA) is 114 Å². The Morgan fingerprint density at radius 2 is 2.08 bits per heavy atom. The molecule has 0 atom stereocenters. The summed E-state index contributed by atoms with van der Waals surface area (Å²) in [4.78, 5) is 21.8. The molecule has 0 saturated heterocycles. The third kappa shape index (κ3) is 4.78. The first-order valence-electron chi connectivity index (χ1n) is 6.64. The molecule has 24 heavy (non-hydrogen) atoms. The quantitative estimate of drug-likeness (QED) is 0.444. The Bertz CT molecular complexity index is 780. The van der Waals surface area contributed by atoms with E-state index >= 15 is 0 Å². The minimum absolute atomic E-state index is 0.0837. The number of amides is 1. The second kappa shape index (κ2) is 8.06. The van der Waals surface area contributed by atoms with E-state index in [2.05, 4.69) is 26.5 Å². The summed E-state index contributed by atoms with van der Waals surface area (Å²) in [5.41, 5.74) is 2.07. The van der Waals surface area contributed by atoms with Crippen molar-refractivity contribution in [3.63, 3.8) is 0 Å². The van der Waals surface area contributed by atoms with Gasteiger partial charge in [0.1, 0.15) is 11.5 Å². The van der Waals surface area contributed by atoms with E-state index in [4.69, 9.17) is 4.74 Å². The zero-order chi connectivity index (χ0) is 17.5. The number of aromatic hydroxyl groups is 1. The lowest BCUT2D eigenvalue weighted by molar-refractivity contribution is -0.385. The highest BCUT2D eigenvalue weighted by atomic mass is 79.9. The first kappa shape index (κ1) is 17.4. The Balaban J connectivity index is 1.96. The van der Waals surface area contributed by atoms with Crippen LogP contribution in [0, 0.1) is 10.1 Å². The summed E-state index contributed by atoms with van der Waals surface area (Å²) in [7, 11) is 0. The van der Waals surface area contributed by atoms with E-state index < -0.39 is 10.8 Å². The number of hydrogen-bond acceptors (Lipinski definition) is 6. The van der Waals surface area contributed by atoms with Crippen LogP contribution in [0.25, 0.3) is 0 Å². The number of nitro groups is 1. The monoisotopic (exact) mass is 393 g/mol. The predicted octanol–water partition coefficient (Wildman–Crippen LogP) is 2.59. The average molecular weight is 394 g/mol. The van der Waals surface area contributed by atoms with Gasteiger partial charge in [0.15, 0.2) is 6.61 Å². The lowest BCUT2D eigenvalue weighted by Crippen LogP contribution is -2.24. The van der Waals surface area contributed by atoms with E-state index in [9.17, 15) is 20.0 Å². The number of rotatable bonds is 6. The Hall–Kier alpha value is -2.94. The SMILES string of the molecule is O=C(COc1ccccc1)N/N=C/c1cc([N+](=O)[O-])cc(Br)c1O. The fraction of sp³-hybridized carbons (Fsp3) is 0.0667. The van der Waals surface area contributed by atoms with Crippen LogP contribution in [0.3, 0.4) is 0 Å². The predicted molar refractivity (Wildman–Crippen MR) is 90.1 cm³/mol. The molecule has 0 aromatic heterocycles. The second-order valence-corrected chi connectivity index (χ2v) is 5.37. The number of halogens is 1. The molecule has 2 N–H and O–H groups in total. The summed E-state index contributed by atoms with van der Waals surface area (Å²) in [5.74, 6) is -0.199. The molecule has 2 aromatic carbocycles. The van der Waals surface area contributed by atoms with E-state index in [1.54, 1.807) is 24.3 Å². The number of para-hydroxylation sites is 1. The molecule has 0 heterocycles. The van der Waals surface area contributed by atoms with Crippen molar-refractivity contribution in [2.24, 2.45) is 5.10 Å². The van der Waals surface area contributed by atoms with Crippen molar-refractivity contribution in [1.29, 1.82) is 0 Å². The minimum atomic E-state index is -0.603. The normalized spacial score (nSPS) is 10.5. The number of carbonyl (C=O) groups excluding carboxylic acids is 1.